The van der Waals surface area contributed by atoms with Crippen LogP contribution < -0.4 is 5.32 Å². The van der Waals surface area contributed by atoms with E-state index in [9.17, 15) is 18.0 Å². The zero-order chi connectivity index (χ0) is 19.6. The molecular weight excluding hydrogens is 359 g/mol. The van der Waals surface area contributed by atoms with Crippen LogP contribution in [0.4, 0.5) is 13.2 Å². The normalized spacial score (nSPS) is 16.5. The lowest BCUT2D eigenvalue weighted by Gasteiger charge is -2.32. The molecule has 0 radical (unpaired) electrons. The molecule has 8 heteroatoms. The van der Waals surface area contributed by atoms with Crippen LogP contribution in [0.5, 0.6) is 0 Å². The molecule has 1 aliphatic rings. The van der Waals surface area contributed by atoms with Gasteiger partial charge >= 0.3 is 6.18 Å². The Morgan fingerprint density at radius 1 is 1.30 bits per heavy atom. The first-order valence-corrected chi connectivity index (χ1v) is 8.86. The van der Waals surface area contributed by atoms with Gasteiger partial charge in [-0.1, -0.05) is 23.4 Å². The number of amides is 1. The first-order chi connectivity index (χ1) is 12.7. The number of halogens is 3. The molecule has 0 bridgehead atoms. The summed E-state index contributed by atoms with van der Waals surface area (Å²) in [5.41, 5.74) is 1.05. The van der Waals surface area contributed by atoms with E-state index in [1.807, 2.05) is 0 Å². The standard InChI is InChI=1S/C19H22F3N3O2/c1-12-17(13(2)27-24-12)18(26)23-16-6-8-25(9-7-16)11-14-4-3-5-15(10-14)19(20,21)22/h3-5,10,16H,6-9,11H2,1-2H3,(H,23,26). The molecule has 0 aliphatic carbocycles. The van der Waals surface area contributed by atoms with Crippen LogP contribution >= 0.6 is 0 Å². The fourth-order valence-corrected chi connectivity index (χ4v) is 3.40. The van der Waals surface area contributed by atoms with E-state index in [1.165, 1.54) is 12.1 Å². The number of piperidine rings is 1. The maximum atomic E-state index is 12.8. The lowest BCUT2D eigenvalue weighted by Crippen LogP contribution is -2.44. The molecule has 3 rings (SSSR count). The summed E-state index contributed by atoms with van der Waals surface area (Å²) in [5, 5.41) is 6.79. The second-order valence-corrected chi connectivity index (χ2v) is 6.92. The van der Waals surface area contributed by atoms with Gasteiger partial charge in [0.1, 0.15) is 11.3 Å². The Hall–Kier alpha value is -2.35. The molecule has 27 heavy (non-hydrogen) atoms. The van der Waals surface area contributed by atoms with Crippen molar-refractivity contribution in [2.75, 3.05) is 13.1 Å². The molecular formula is C19H22F3N3O2. The van der Waals surface area contributed by atoms with Crippen LogP contribution in [0.15, 0.2) is 28.8 Å². The molecule has 2 heterocycles. The number of hydrogen-bond acceptors (Lipinski definition) is 4. The fourth-order valence-electron chi connectivity index (χ4n) is 3.40. The number of aryl methyl sites for hydroxylation is 2. The summed E-state index contributed by atoms with van der Waals surface area (Å²) in [5.74, 6) is 0.301. The number of hydrogen-bond donors (Lipinski definition) is 1. The number of aromatic nitrogens is 1. The highest BCUT2D eigenvalue weighted by atomic mass is 19.4. The molecule has 0 atom stereocenters. The van der Waals surface area contributed by atoms with Gasteiger partial charge in [0.25, 0.3) is 5.91 Å². The van der Waals surface area contributed by atoms with E-state index in [1.54, 1.807) is 19.9 Å². The number of carbonyl (C=O) groups excluding carboxylic acids is 1. The van der Waals surface area contributed by atoms with Crippen molar-refractivity contribution in [1.82, 2.24) is 15.4 Å². The molecule has 0 saturated carbocycles. The number of nitrogens with zero attached hydrogens (tertiary/aromatic N) is 2. The molecule has 1 saturated heterocycles. The van der Waals surface area contributed by atoms with E-state index in [-0.39, 0.29) is 11.9 Å². The molecule has 146 valence electrons. The van der Waals surface area contributed by atoms with E-state index in [4.69, 9.17) is 4.52 Å². The Balaban J connectivity index is 1.53. The van der Waals surface area contributed by atoms with Crippen molar-refractivity contribution in [3.05, 3.63) is 52.4 Å². The van der Waals surface area contributed by atoms with Gasteiger partial charge in [0.05, 0.1) is 11.3 Å². The maximum Gasteiger partial charge on any atom is 0.416 e. The first kappa shape index (κ1) is 19.4. The van der Waals surface area contributed by atoms with E-state index < -0.39 is 11.7 Å². The number of rotatable bonds is 4. The average molecular weight is 381 g/mol. The van der Waals surface area contributed by atoms with Crippen molar-refractivity contribution >= 4 is 5.91 Å². The van der Waals surface area contributed by atoms with Crippen molar-refractivity contribution in [1.29, 1.82) is 0 Å². The first-order valence-electron chi connectivity index (χ1n) is 8.86. The second kappa shape index (κ2) is 7.72. The summed E-state index contributed by atoms with van der Waals surface area (Å²) in [6.07, 6.45) is -2.84. The minimum absolute atomic E-state index is 0.0314. The lowest BCUT2D eigenvalue weighted by atomic mass is 10.0. The quantitative estimate of drug-likeness (QED) is 0.877. The molecule has 2 aromatic rings. The van der Waals surface area contributed by atoms with E-state index in [0.717, 1.165) is 18.9 Å². The SMILES string of the molecule is Cc1noc(C)c1C(=O)NC1CCN(Cc2cccc(C(F)(F)F)c2)CC1. The van der Waals surface area contributed by atoms with Crippen molar-refractivity contribution in [2.45, 2.75) is 45.5 Å². The Morgan fingerprint density at radius 2 is 2.00 bits per heavy atom. The number of carbonyl (C=O) groups is 1. The van der Waals surface area contributed by atoms with Gasteiger partial charge in [-0.25, -0.2) is 0 Å². The summed E-state index contributed by atoms with van der Waals surface area (Å²) in [7, 11) is 0. The van der Waals surface area contributed by atoms with Gasteiger partial charge in [0.2, 0.25) is 0 Å². The smallest absolute Gasteiger partial charge is 0.361 e. The Bertz CT molecular complexity index is 789. The molecule has 1 aliphatic heterocycles. The molecule has 0 unspecified atom stereocenters. The predicted octanol–water partition coefficient (Wildman–Crippen LogP) is 3.70. The van der Waals surface area contributed by atoms with Crippen molar-refractivity contribution in [2.24, 2.45) is 0 Å². The zero-order valence-corrected chi connectivity index (χ0v) is 15.3. The summed E-state index contributed by atoms with van der Waals surface area (Å²) >= 11 is 0. The Morgan fingerprint density at radius 3 is 2.59 bits per heavy atom. The molecule has 0 spiro atoms. The summed E-state index contributed by atoms with van der Waals surface area (Å²) in [6, 6.07) is 5.46. The van der Waals surface area contributed by atoms with Crippen LogP contribution in [0, 0.1) is 13.8 Å². The molecule has 1 amide bonds. The van der Waals surface area contributed by atoms with E-state index >= 15 is 0 Å². The zero-order valence-electron chi connectivity index (χ0n) is 15.3. The van der Waals surface area contributed by atoms with Crippen LogP contribution in [0.3, 0.4) is 0 Å². The van der Waals surface area contributed by atoms with Gasteiger partial charge in [-0.05, 0) is 38.3 Å². The van der Waals surface area contributed by atoms with Gasteiger partial charge < -0.3 is 9.84 Å². The third kappa shape index (κ3) is 4.68. The number of alkyl halides is 3. The van der Waals surface area contributed by atoms with Crippen molar-refractivity contribution in [3.63, 3.8) is 0 Å². The number of likely N-dealkylation sites (tertiary alicyclic amines) is 1. The Labute approximate surface area is 155 Å². The highest BCUT2D eigenvalue weighted by molar-refractivity contribution is 5.96. The fraction of sp³-hybridized carbons (Fsp3) is 0.474. The summed E-state index contributed by atoms with van der Waals surface area (Å²) < 4.78 is 43.5. The minimum Gasteiger partial charge on any atom is -0.361 e. The van der Waals surface area contributed by atoms with Gasteiger partial charge in [0, 0.05) is 25.7 Å². The second-order valence-electron chi connectivity index (χ2n) is 6.92. The van der Waals surface area contributed by atoms with Gasteiger partial charge in [-0.2, -0.15) is 13.2 Å². The van der Waals surface area contributed by atoms with E-state index in [2.05, 4.69) is 15.4 Å². The third-order valence-electron chi connectivity index (χ3n) is 4.84. The number of nitrogens with one attached hydrogen (secondary N) is 1. The predicted molar refractivity (Wildman–Crippen MR) is 93.2 cm³/mol. The highest BCUT2D eigenvalue weighted by Crippen LogP contribution is 2.30. The highest BCUT2D eigenvalue weighted by Gasteiger charge is 2.30. The Kier molecular flexibility index (Phi) is 5.55. The van der Waals surface area contributed by atoms with Gasteiger partial charge in [-0.3, -0.25) is 9.69 Å². The minimum atomic E-state index is -4.33. The van der Waals surface area contributed by atoms with E-state index in [0.29, 0.717) is 42.2 Å². The van der Waals surface area contributed by atoms with Crippen LogP contribution in [0.1, 0.15) is 45.8 Å². The van der Waals surface area contributed by atoms with Crippen LogP contribution in [0.25, 0.3) is 0 Å². The summed E-state index contributed by atoms with van der Waals surface area (Å²) in [6.45, 7) is 5.32. The summed E-state index contributed by atoms with van der Waals surface area (Å²) in [4.78, 5) is 14.5. The molecule has 5 nitrogen and oxygen atoms in total. The monoisotopic (exact) mass is 381 g/mol. The lowest BCUT2D eigenvalue weighted by molar-refractivity contribution is -0.137. The third-order valence-corrected chi connectivity index (χ3v) is 4.84. The maximum absolute atomic E-state index is 12.8. The molecule has 1 aromatic heterocycles. The van der Waals surface area contributed by atoms with Crippen LogP contribution in [-0.4, -0.2) is 35.1 Å². The topological polar surface area (TPSA) is 58.4 Å². The van der Waals surface area contributed by atoms with Gasteiger partial charge in [0.15, 0.2) is 0 Å². The largest absolute Gasteiger partial charge is 0.416 e. The molecule has 1 aromatic carbocycles. The van der Waals surface area contributed by atoms with Crippen molar-refractivity contribution in [3.8, 4) is 0 Å². The average Bonchev–Trinajstić information content (AvgIpc) is 2.95. The van der Waals surface area contributed by atoms with Gasteiger partial charge in [-0.15, -0.1) is 0 Å². The van der Waals surface area contributed by atoms with Crippen LogP contribution in [0.2, 0.25) is 0 Å². The molecule has 1 fully saturated rings. The van der Waals surface area contributed by atoms with Crippen LogP contribution in [-0.2, 0) is 12.7 Å². The number of benzene rings is 1. The molecule has 1 N–H and O–H groups in total. The van der Waals surface area contributed by atoms with Crippen molar-refractivity contribution < 1.29 is 22.5 Å².